The smallest absolute Gasteiger partial charge is 0.168 e. The van der Waals surface area contributed by atoms with Crippen LogP contribution in [0.1, 0.15) is 30.9 Å². The molecular weight excluding hydrogens is 334 g/mol. The standard InChI is InChI=1S/C22H23N5/c1-3-4-7-17-9-11-18(12-10-17)26-21-20-14-25-27(22(20)24-15-23-21)19-8-5-6-16(2)13-19/h5-6,8-15H,3-4,7H2,1-2H3,(H,23,24,26). The van der Waals surface area contributed by atoms with Gasteiger partial charge in [0.2, 0.25) is 0 Å². The quantitative estimate of drug-likeness (QED) is 0.515. The molecule has 0 amide bonds. The molecule has 0 aliphatic carbocycles. The highest BCUT2D eigenvalue weighted by Gasteiger charge is 2.11. The number of hydrogen-bond donors (Lipinski definition) is 1. The second-order valence-corrected chi connectivity index (χ2v) is 6.78. The molecule has 2 aromatic heterocycles. The van der Waals surface area contributed by atoms with Gasteiger partial charge in [-0.05, 0) is 55.2 Å². The zero-order chi connectivity index (χ0) is 18.6. The Bertz CT molecular complexity index is 1050. The van der Waals surface area contributed by atoms with E-state index in [2.05, 4.69) is 70.6 Å². The van der Waals surface area contributed by atoms with Crippen LogP contribution in [0.2, 0.25) is 0 Å². The molecule has 0 saturated heterocycles. The molecule has 27 heavy (non-hydrogen) atoms. The summed E-state index contributed by atoms with van der Waals surface area (Å²) in [4.78, 5) is 8.87. The third kappa shape index (κ3) is 3.67. The minimum absolute atomic E-state index is 0.764. The van der Waals surface area contributed by atoms with Gasteiger partial charge in [-0.2, -0.15) is 5.10 Å². The molecule has 4 aromatic rings. The van der Waals surface area contributed by atoms with Crippen LogP contribution in [0, 0.1) is 6.92 Å². The second-order valence-electron chi connectivity index (χ2n) is 6.78. The van der Waals surface area contributed by atoms with Gasteiger partial charge in [-0.25, -0.2) is 14.6 Å². The summed E-state index contributed by atoms with van der Waals surface area (Å²) in [7, 11) is 0. The highest BCUT2D eigenvalue weighted by atomic mass is 15.3. The van der Waals surface area contributed by atoms with E-state index in [1.54, 1.807) is 6.33 Å². The van der Waals surface area contributed by atoms with E-state index in [0.717, 1.165) is 34.6 Å². The van der Waals surface area contributed by atoms with Crippen molar-refractivity contribution in [1.82, 2.24) is 19.7 Å². The Morgan fingerprint density at radius 1 is 1.04 bits per heavy atom. The van der Waals surface area contributed by atoms with E-state index < -0.39 is 0 Å². The van der Waals surface area contributed by atoms with Gasteiger partial charge in [-0.3, -0.25) is 0 Å². The first-order valence-electron chi connectivity index (χ1n) is 9.36. The number of aryl methyl sites for hydroxylation is 2. The summed E-state index contributed by atoms with van der Waals surface area (Å²) in [5, 5.41) is 8.83. The topological polar surface area (TPSA) is 55.6 Å². The molecule has 2 aromatic carbocycles. The van der Waals surface area contributed by atoms with E-state index in [-0.39, 0.29) is 0 Å². The number of aromatic nitrogens is 4. The lowest BCUT2D eigenvalue weighted by Crippen LogP contribution is -2.00. The zero-order valence-corrected chi connectivity index (χ0v) is 15.7. The van der Waals surface area contributed by atoms with Crippen LogP contribution < -0.4 is 5.32 Å². The highest BCUT2D eigenvalue weighted by molar-refractivity contribution is 5.89. The molecule has 0 bridgehead atoms. The molecule has 0 fully saturated rings. The SMILES string of the molecule is CCCCc1ccc(Nc2ncnc3c2cnn3-c2cccc(C)c2)cc1. The average molecular weight is 357 g/mol. The van der Waals surface area contributed by atoms with Crippen LogP contribution in [-0.2, 0) is 6.42 Å². The van der Waals surface area contributed by atoms with Crippen molar-refractivity contribution in [3.63, 3.8) is 0 Å². The summed E-state index contributed by atoms with van der Waals surface area (Å²) in [6, 6.07) is 16.8. The number of hydrogen-bond acceptors (Lipinski definition) is 4. The summed E-state index contributed by atoms with van der Waals surface area (Å²) >= 11 is 0. The van der Waals surface area contributed by atoms with Gasteiger partial charge in [0.15, 0.2) is 5.65 Å². The number of rotatable bonds is 6. The lowest BCUT2D eigenvalue weighted by Gasteiger charge is -2.08. The summed E-state index contributed by atoms with van der Waals surface area (Å²) < 4.78 is 1.85. The van der Waals surface area contributed by atoms with E-state index in [4.69, 9.17) is 0 Å². The largest absolute Gasteiger partial charge is 0.340 e. The Kier molecular flexibility index (Phi) is 4.83. The van der Waals surface area contributed by atoms with Gasteiger partial charge in [0.1, 0.15) is 12.1 Å². The lowest BCUT2D eigenvalue weighted by molar-refractivity contribution is 0.795. The van der Waals surface area contributed by atoms with E-state index in [1.807, 2.05) is 23.0 Å². The third-order valence-electron chi connectivity index (χ3n) is 4.65. The van der Waals surface area contributed by atoms with Crippen LogP contribution in [0.25, 0.3) is 16.7 Å². The zero-order valence-electron chi connectivity index (χ0n) is 15.7. The van der Waals surface area contributed by atoms with Gasteiger partial charge in [-0.1, -0.05) is 37.6 Å². The fraction of sp³-hybridized carbons (Fsp3) is 0.227. The number of benzene rings is 2. The molecule has 2 heterocycles. The molecule has 0 aliphatic rings. The van der Waals surface area contributed by atoms with E-state index in [1.165, 1.54) is 24.0 Å². The number of fused-ring (bicyclic) bond motifs is 1. The molecule has 4 rings (SSSR count). The monoisotopic (exact) mass is 357 g/mol. The predicted octanol–water partition coefficient (Wildman–Crippen LogP) is 5.21. The molecule has 5 heteroatoms. The fourth-order valence-corrected chi connectivity index (χ4v) is 3.16. The molecule has 0 saturated carbocycles. The molecule has 1 N–H and O–H groups in total. The normalized spacial score (nSPS) is 11.0. The summed E-state index contributed by atoms with van der Waals surface area (Å²) in [6.45, 7) is 4.29. The number of unbranched alkanes of at least 4 members (excludes halogenated alkanes) is 1. The first kappa shape index (κ1) is 17.2. The van der Waals surface area contributed by atoms with Gasteiger partial charge in [0, 0.05) is 5.69 Å². The molecule has 0 radical (unpaired) electrons. The summed E-state index contributed by atoms with van der Waals surface area (Å²) in [5.41, 5.74) is 5.35. The Morgan fingerprint density at radius 3 is 2.67 bits per heavy atom. The first-order chi connectivity index (χ1) is 13.2. The van der Waals surface area contributed by atoms with E-state index >= 15 is 0 Å². The van der Waals surface area contributed by atoms with Crippen molar-refractivity contribution in [1.29, 1.82) is 0 Å². The third-order valence-corrected chi connectivity index (χ3v) is 4.65. The van der Waals surface area contributed by atoms with Crippen molar-refractivity contribution in [2.24, 2.45) is 0 Å². The second kappa shape index (κ2) is 7.58. The first-order valence-corrected chi connectivity index (χ1v) is 9.36. The minimum Gasteiger partial charge on any atom is -0.340 e. The summed E-state index contributed by atoms with van der Waals surface area (Å²) in [5.74, 6) is 0.764. The van der Waals surface area contributed by atoms with Gasteiger partial charge in [0.05, 0.1) is 17.3 Å². The van der Waals surface area contributed by atoms with Crippen molar-refractivity contribution in [2.75, 3.05) is 5.32 Å². The van der Waals surface area contributed by atoms with Gasteiger partial charge < -0.3 is 5.32 Å². The fourth-order valence-electron chi connectivity index (χ4n) is 3.16. The van der Waals surface area contributed by atoms with Crippen molar-refractivity contribution in [3.05, 3.63) is 72.2 Å². The van der Waals surface area contributed by atoms with Crippen LogP contribution in [0.5, 0.6) is 0 Å². The number of nitrogens with zero attached hydrogens (tertiary/aromatic N) is 4. The van der Waals surface area contributed by atoms with Crippen molar-refractivity contribution < 1.29 is 0 Å². The lowest BCUT2D eigenvalue weighted by atomic mass is 10.1. The Morgan fingerprint density at radius 2 is 1.89 bits per heavy atom. The van der Waals surface area contributed by atoms with Crippen molar-refractivity contribution >= 4 is 22.5 Å². The van der Waals surface area contributed by atoms with Crippen molar-refractivity contribution in [2.45, 2.75) is 33.1 Å². The van der Waals surface area contributed by atoms with Gasteiger partial charge in [-0.15, -0.1) is 0 Å². The predicted molar refractivity (Wildman–Crippen MR) is 110 cm³/mol. The van der Waals surface area contributed by atoms with Crippen LogP contribution >= 0.6 is 0 Å². The maximum Gasteiger partial charge on any atom is 0.168 e. The van der Waals surface area contributed by atoms with E-state index in [0.29, 0.717) is 0 Å². The van der Waals surface area contributed by atoms with Crippen LogP contribution in [0.15, 0.2) is 61.1 Å². The Hall–Kier alpha value is -3.21. The summed E-state index contributed by atoms with van der Waals surface area (Å²) in [6.07, 6.45) is 6.95. The maximum atomic E-state index is 4.53. The highest BCUT2D eigenvalue weighted by Crippen LogP contribution is 2.25. The van der Waals surface area contributed by atoms with Crippen LogP contribution in [0.4, 0.5) is 11.5 Å². The van der Waals surface area contributed by atoms with Crippen LogP contribution in [0.3, 0.4) is 0 Å². The minimum atomic E-state index is 0.764. The van der Waals surface area contributed by atoms with Gasteiger partial charge in [0.25, 0.3) is 0 Å². The number of anilines is 2. The van der Waals surface area contributed by atoms with Crippen molar-refractivity contribution in [3.8, 4) is 5.69 Å². The molecule has 0 unspecified atom stereocenters. The van der Waals surface area contributed by atoms with E-state index in [9.17, 15) is 0 Å². The molecule has 0 atom stereocenters. The molecule has 136 valence electrons. The van der Waals surface area contributed by atoms with Crippen LogP contribution in [-0.4, -0.2) is 19.7 Å². The number of nitrogens with one attached hydrogen (secondary N) is 1. The molecule has 0 aliphatic heterocycles. The molecular formula is C22H23N5. The Labute approximate surface area is 159 Å². The maximum absolute atomic E-state index is 4.53. The molecule has 5 nitrogen and oxygen atoms in total. The average Bonchev–Trinajstić information content (AvgIpc) is 3.13. The van der Waals surface area contributed by atoms with Gasteiger partial charge >= 0.3 is 0 Å². The Balaban J connectivity index is 1.63. The molecule has 0 spiro atoms.